The second kappa shape index (κ2) is 9.48. The van der Waals surface area contributed by atoms with Crippen LogP contribution in [0.4, 0.5) is 0 Å². The van der Waals surface area contributed by atoms with Crippen LogP contribution in [-0.4, -0.2) is 0 Å². The van der Waals surface area contributed by atoms with E-state index in [1.165, 1.54) is 22.3 Å². The number of allylic oxidation sites excluding steroid dienone is 2. The van der Waals surface area contributed by atoms with Crippen molar-refractivity contribution in [2.45, 2.75) is 11.8 Å². The summed E-state index contributed by atoms with van der Waals surface area (Å²) < 4.78 is 0. The minimum absolute atomic E-state index is 0.405. The van der Waals surface area contributed by atoms with Crippen LogP contribution in [-0.2, 0) is 0 Å². The van der Waals surface area contributed by atoms with Gasteiger partial charge < -0.3 is 0 Å². The number of rotatable bonds is 6. The topological polar surface area (TPSA) is 56.6 Å². The van der Waals surface area contributed by atoms with E-state index < -0.39 is 0 Å². The van der Waals surface area contributed by atoms with Crippen molar-refractivity contribution in [3.05, 3.63) is 133 Å². The van der Waals surface area contributed by atoms with Crippen molar-refractivity contribution in [1.82, 2.24) is 0 Å². The normalized spacial score (nSPS) is 22.8. The fourth-order valence-corrected chi connectivity index (χ4v) is 4.88. The number of nitrogens with one attached hydrogen (secondary N) is 4. The highest BCUT2D eigenvalue weighted by molar-refractivity contribution is 5.53. The van der Waals surface area contributed by atoms with Crippen LogP contribution in [0.1, 0.15) is 34.1 Å². The number of aromatic amines is 4. The smallest absolute Gasteiger partial charge is 0.167 e. The average molecular weight is 421 g/mol. The Morgan fingerprint density at radius 2 is 0.750 bits per heavy atom. The van der Waals surface area contributed by atoms with E-state index in [1.807, 2.05) is 49.6 Å². The molecule has 4 nitrogen and oxygen atoms in total. The Balaban J connectivity index is 1.54. The zero-order valence-corrected chi connectivity index (χ0v) is 17.9. The molecule has 1 saturated carbocycles. The lowest BCUT2D eigenvalue weighted by atomic mass is 9.52. The zero-order valence-electron chi connectivity index (χ0n) is 17.9. The Bertz CT molecular complexity index is 1080. The van der Waals surface area contributed by atoms with Gasteiger partial charge in [-0.2, -0.15) is 0 Å². The van der Waals surface area contributed by atoms with Gasteiger partial charge in [0.2, 0.25) is 0 Å². The van der Waals surface area contributed by atoms with E-state index >= 15 is 0 Å². The molecule has 4 N–H and O–H groups in total. The summed E-state index contributed by atoms with van der Waals surface area (Å²) in [4.78, 5) is 12.6. The molecule has 1 aliphatic carbocycles. The maximum atomic E-state index is 3.18. The third-order valence-corrected chi connectivity index (χ3v) is 6.43. The summed E-state index contributed by atoms with van der Waals surface area (Å²) in [5.41, 5.74) is 5.17. The van der Waals surface area contributed by atoms with E-state index in [4.69, 9.17) is 0 Å². The van der Waals surface area contributed by atoms with Crippen molar-refractivity contribution >= 4 is 12.2 Å². The van der Waals surface area contributed by atoms with Gasteiger partial charge in [-0.05, 0) is 45.9 Å². The summed E-state index contributed by atoms with van der Waals surface area (Å²) >= 11 is 0. The van der Waals surface area contributed by atoms with Crippen LogP contribution in [0.2, 0.25) is 0 Å². The maximum absolute atomic E-state index is 3.18. The van der Waals surface area contributed by atoms with Crippen molar-refractivity contribution in [1.29, 1.82) is 0 Å². The summed E-state index contributed by atoms with van der Waals surface area (Å²) in [7, 11) is 0. The molecule has 1 aliphatic rings. The van der Waals surface area contributed by atoms with E-state index in [-0.39, 0.29) is 0 Å². The molecule has 156 valence electrons. The van der Waals surface area contributed by atoms with Crippen LogP contribution in [0.25, 0.3) is 12.2 Å². The second-order valence-electron chi connectivity index (χ2n) is 8.26. The number of hydrogen-bond donors (Lipinski definition) is 0. The van der Waals surface area contributed by atoms with Crippen LogP contribution in [0.15, 0.2) is 110 Å². The fraction of sp³-hybridized carbons (Fsp3) is 0.143. The molecule has 4 aromatic heterocycles. The lowest BCUT2D eigenvalue weighted by molar-refractivity contribution is -0.378. The highest BCUT2D eigenvalue weighted by atomic mass is 14.6. The predicted octanol–water partition coefficient (Wildman–Crippen LogP) is 3.48. The highest BCUT2D eigenvalue weighted by Crippen LogP contribution is 2.59. The summed E-state index contributed by atoms with van der Waals surface area (Å²) in [5, 5.41) is 0. The van der Waals surface area contributed by atoms with Gasteiger partial charge in [-0.25, -0.2) is 19.9 Å². The zero-order chi connectivity index (χ0) is 21.6. The summed E-state index contributed by atoms with van der Waals surface area (Å²) in [6.07, 6.45) is 25.3. The largest absolute Gasteiger partial charge is 0.218 e. The summed E-state index contributed by atoms with van der Waals surface area (Å²) in [5.74, 6) is 1.64. The first-order chi connectivity index (χ1) is 15.9. The number of pyridine rings is 4. The number of aromatic nitrogens is 4. The molecule has 0 saturated heterocycles. The van der Waals surface area contributed by atoms with E-state index in [1.54, 1.807) is 0 Å². The van der Waals surface area contributed by atoms with Crippen molar-refractivity contribution in [2.75, 3.05) is 0 Å². The molecule has 0 spiro atoms. The monoisotopic (exact) mass is 420 g/mol. The Hall–Kier alpha value is -3.92. The average Bonchev–Trinajstić information content (AvgIpc) is 2.86. The number of hydrogen-bond acceptors (Lipinski definition) is 0. The minimum atomic E-state index is 0.405. The molecule has 4 heteroatoms. The molecule has 4 heterocycles. The molecule has 0 unspecified atom stereocenters. The predicted molar refractivity (Wildman–Crippen MR) is 123 cm³/mol. The molecule has 5 rings (SSSR count). The first-order valence-electron chi connectivity index (χ1n) is 11.1. The molecule has 32 heavy (non-hydrogen) atoms. The van der Waals surface area contributed by atoms with Crippen LogP contribution in [0.3, 0.4) is 0 Å². The molecule has 0 amide bonds. The van der Waals surface area contributed by atoms with Gasteiger partial charge in [0.15, 0.2) is 49.6 Å². The second-order valence-corrected chi connectivity index (χ2v) is 8.26. The summed E-state index contributed by atoms with van der Waals surface area (Å²) in [6.45, 7) is 0. The molecule has 0 aliphatic heterocycles. The first-order valence-corrected chi connectivity index (χ1v) is 11.1. The van der Waals surface area contributed by atoms with Gasteiger partial charge >= 0.3 is 0 Å². The Morgan fingerprint density at radius 1 is 0.438 bits per heavy atom. The van der Waals surface area contributed by atoms with Gasteiger partial charge in [-0.1, -0.05) is 24.3 Å². The molecule has 4 aromatic rings. The van der Waals surface area contributed by atoms with Crippen LogP contribution in [0, 0.1) is 11.8 Å². The lowest BCUT2D eigenvalue weighted by Gasteiger charge is -2.50. The van der Waals surface area contributed by atoms with E-state index in [9.17, 15) is 0 Å². The van der Waals surface area contributed by atoms with Crippen molar-refractivity contribution in [3.8, 4) is 0 Å². The van der Waals surface area contributed by atoms with Crippen LogP contribution in [0.5, 0.6) is 0 Å². The standard InChI is InChI=1S/C28H24N4/c1(21-5-13-29-14-6-21)3-25-26(4-2-22-7-15-30-16-8-22)28(24-11-19-32-20-12-24)27(25)23-9-17-31-18-10-23/h1-20,25-28H/p+4/b3-1+,4-2+/t25-,26-,27+,28+/m0/s1. The van der Waals surface area contributed by atoms with Gasteiger partial charge in [0.05, 0.1) is 0 Å². The third kappa shape index (κ3) is 4.26. The van der Waals surface area contributed by atoms with E-state index in [0.29, 0.717) is 23.7 Å². The first kappa shape index (κ1) is 20.0. The van der Waals surface area contributed by atoms with Crippen molar-refractivity contribution in [3.63, 3.8) is 0 Å². The Morgan fingerprint density at radius 3 is 1.09 bits per heavy atom. The van der Waals surface area contributed by atoms with Gasteiger partial charge in [-0.3, -0.25) is 0 Å². The SMILES string of the molecule is C(=C\[C@H]1[C@H](/C=C/c2cc[nH+]cc2)[C@@H](c2cc[nH+]cc2)[C@@H]1c1cc[nH+]cc1)/c1cc[nH+]cc1. The molecule has 4 atom stereocenters. The molecule has 0 aromatic carbocycles. The van der Waals surface area contributed by atoms with Gasteiger partial charge in [0.1, 0.15) is 0 Å². The fourth-order valence-electron chi connectivity index (χ4n) is 4.88. The quantitative estimate of drug-likeness (QED) is 0.459. The maximum Gasteiger partial charge on any atom is 0.167 e. The lowest BCUT2D eigenvalue weighted by Crippen LogP contribution is -2.41. The Labute approximate surface area is 188 Å². The molecular weight excluding hydrogens is 392 g/mol. The molecular formula is C28H28N4+4. The van der Waals surface area contributed by atoms with Crippen LogP contribution < -0.4 is 19.9 Å². The third-order valence-electron chi connectivity index (χ3n) is 6.43. The molecule has 1 fully saturated rings. The Kier molecular flexibility index (Phi) is 5.93. The van der Waals surface area contributed by atoms with Crippen molar-refractivity contribution in [2.24, 2.45) is 11.8 Å². The molecule has 0 bridgehead atoms. The minimum Gasteiger partial charge on any atom is -0.218 e. The summed E-state index contributed by atoms with van der Waals surface area (Å²) in [6, 6.07) is 17.3. The van der Waals surface area contributed by atoms with Gasteiger partial charge in [0, 0.05) is 48.5 Å². The number of H-pyrrole nitrogens is 4. The van der Waals surface area contributed by atoms with Gasteiger partial charge in [0.25, 0.3) is 0 Å². The van der Waals surface area contributed by atoms with E-state index in [0.717, 1.165) is 0 Å². The van der Waals surface area contributed by atoms with E-state index in [2.05, 4.69) is 92.8 Å². The van der Waals surface area contributed by atoms with Crippen LogP contribution >= 0.6 is 0 Å². The van der Waals surface area contributed by atoms with Crippen molar-refractivity contribution < 1.29 is 19.9 Å². The molecule has 0 radical (unpaired) electrons. The highest BCUT2D eigenvalue weighted by Gasteiger charge is 2.49. The van der Waals surface area contributed by atoms with Gasteiger partial charge in [-0.15, -0.1) is 0 Å².